The van der Waals surface area contributed by atoms with Crippen LogP contribution in [0.2, 0.25) is 0 Å². The quantitative estimate of drug-likeness (QED) is 0.672. The maximum absolute atomic E-state index is 8.93. The van der Waals surface area contributed by atoms with Crippen molar-refractivity contribution in [2.24, 2.45) is 4.99 Å². The topological polar surface area (TPSA) is 48.2 Å². The molecule has 1 N–H and O–H groups in total. The van der Waals surface area contributed by atoms with Crippen LogP contribution in [0, 0.1) is 11.3 Å². The lowest BCUT2D eigenvalue weighted by atomic mass is 10.1. The summed E-state index contributed by atoms with van der Waals surface area (Å²) >= 11 is 1.56. The average molecular weight is 295 g/mol. The molecule has 0 aliphatic heterocycles. The van der Waals surface area contributed by atoms with Crippen LogP contribution in [-0.2, 0) is 0 Å². The van der Waals surface area contributed by atoms with Gasteiger partial charge in [0.1, 0.15) is 0 Å². The molecule has 2 aromatic rings. The Labute approximate surface area is 129 Å². The molecule has 0 amide bonds. The molecule has 2 rings (SSSR count). The van der Waals surface area contributed by atoms with E-state index in [1.165, 1.54) is 5.56 Å². The average Bonchev–Trinajstić information content (AvgIpc) is 2.55. The van der Waals surface area contributed by atoms with Gasteiger partial charge in [-0.25, -0.2) is 0 Å². The summed E-state index contributed by atoms with van der Waals surface area (Å²) in [6.45, 7) is 2.07. The highest BCUT2D eigenvalue weighted by Gasteiger charge is 2.06. The van der Waals surface area contributed by atoms with E-state index in [9.17, 15) is 0 Å². The lowest BCUT2D eigenvalue weighted by Gasteiger charge is -2.12. The third kappa shape index (κ3) is 4.37. The van der Waals surface area contributed by atoms with Crippen LogP contribution in [0.15, 0.2) is 59.6 Å². The molecule has 1 atom stereocenters. The SMILES string of the molecule is CSC(=N[C@@H](C)c1ccccc1)Nc1cccc(C#N)c1. The van der Waals surface area contributed by atoms with E-state index in [0.29, 0.717) is 5.56 Å². The van der Waals surface area contributed by atoms with E-state index in [-0.39, 0.29) is 6.04 Å². The first-order chi connectivity index (χ1) is 10.2. The second-order valence-electron chi connectivity index (χ2n) is 4.54. The van der Waals surface area contributed by atoms with Crippen LogP contribution in [0.25, 0.3) is 0 Å². The highest BCUT2D eigenvalue weighted by molar-refractivity contribution is 8.13. The second kappa shape index (κ2) is 7.51. The van der Waals surface area contributed by atoms with Gasteiger partial charge in [0.05, 0.1) is 17.7 Å². The summed E-state index contributed by atoms with van der Waals surface area (Å²) < 4.78 is 0. The third-order valence-electron chi connectivity index (χ3n) is 3.03. The Hall–Kier alpha value is -2.25. The van der Waals surface area contributed by atoms with Gasteiger partial charge in [-0.05, 0) is 36.9 Å². The number of thioether (sulfide) groups is 1. The number of rotatable bonds is 3. The zero-order valence-corrected chi connectivity index (χ0v) is 12.9. The summed E-state index contributed by atoms with van der Waals surface area (Å²) in [5.41, 5.74) is 2.69. The van der Waals surface area contributed by atoms with E-state index in [1.807, 2.05) is 42.7 Å². The Kier molecular flexibility index (Phi) is 5.42. The highest BCUT2D eigenvalue weighted by atomic mass is 32.2. The normalized spacial score (nSPS) is 12.5. The van der Waals surface area contributed by atoms with E-state index < -0.39 is 0 Å². The summed E-state index contributed by atoms with van der Waals surface area (Å²) in [6.07, 6.45) is 1.98. The molecule has 0 saturated heterocycles. The lowest BCUT2D eigenvalue weighted by molar-refractivity contribution is 0.823. The Morgan fingerprint density at radius 2 is 1.95 bits per heavy atom. The predicted octanol–water partition coefficient (Wildman–Crippen LogP) is 4.45. The van der Waals surface area contributed by atoms with Crippen molar-refractivity contribution in [3.63, 3.8) is 0 Å². The van der Waals surface area contributed by atoms with Crippen LogP contribution in [0.5, 0.6) is 0 Å². The fraction of sp³-hybridized carbons (Fsp3) is 0.176. The van der Waals surface area contributed by atoms with Gasteiger partial charge in [0.15, 0.2) is 5.17 Å². The number of hydrogen-bond acceptors (Lipinski definition) is 3. The first-order valence-corrected chi connectivity index (χ1v) is 7.89. The fourth-order valence-electron chi connectivity index (χ4n) is 1.91. The van der Waals surface area contributed by atoms with Crippen LogP contribution in [-0.4, -0.2) is 11.4 Å². The monoisotopic (exact) mass is 295 g/mol. The number of hydrogen-bond donors (Lipinski definition) is 1. The van der Waals surface area contributed by atoms with E-state index in [0.717, 1.165) is 10.9 Å². The molecule has 0 radical (unpaired) electrons. The molecule has 0 bridgehead atoms. The molecule has 0 aromatic heterocycles. The number of nitrogens with zero attached hydrogens (tertiary/aromatic N) is 2. The van der Waals surface area contributed by atoms with Gasteiger partial charge >= 0.3 is 0 Å². The fourth-order valence-corrected chi connectivity index (χ4v) is 2.39. The number of anilines is 1. The van der Waals surface area contributed by atoms with Gasteiger partial charge in [0.2, 0.25) is 0 Å². The van der Waals surface area contributed by atoms with Crippen molar-refractivity contribution >= 4 is 22.6 Å². The zero-order chi connectivity index (χ0) is 15.1. The van der Waals surface area contributed by atoms with Crippen molar-refractivity contribution in [2.75, 3.05) is 11.6 Å². The number of nitriles is 1. The second-order valence-corrected chi connectivity index (χ2v) is 5.34. The first kappa shape index (κ1) is 15.1. The minimum absolute atomic E-state index is 0.0836. The van der Waals surface area contributed by atoms with Crippen molar-refractivity contribution in [3.8, 4) is 6.07 Å². The van der Waals surface area contributed by atoms with E-state index in [1.54, 1.807) is 17.8 Å². The minimum atomic E-state index is 0.0836. The van der Waals surface area contributed by atoms with Gasteiger partial charge < -0.3 is 5.32 Å². The molecule has 0 fully saturated rings. The number of nitrogens with one attached hydrogen (secondary N) is 1. The standard InChI is InChI=1S/C17H17N3S/c1-13(15-8-4-3-5-9-15)19-17(21-2)20-16-10-6-7-14(11-16)12-18/h3-11,13H,1-2H3,(H,19,20)/t13-/m0/s1. The van der Waals surface area contributed by atoms with Crippen LogP contribution >= 0.6 is 11.8 Å². The molecule has 0 unspecified atom stereocenters. The van der Waals surface area contributed by atoms with Crippen LogP contribution in [0.3, 0.4) is 0 Å². The highest BCUT2D eigenvalue weighted by Crippen LogP contribution is 2.19. The molecular weight excluding hydrogens is 278 g/mol. The van der Waals surface area contributed by atoms with E-state index >= 15 is 0 Å². The molecule has 0 aliphatic rings. The number of aliphatic imine (C=N–C) groups is 1. The number of benzene rings is 2. The summed E-state index contributed by atoms with van der Waals surface area (Å²) in [5.74, 6) is 0. The minimum Gasteiger partial charge on any atom is -0.335 e. The molecule has 21 heavy (non-hydrogen) atoms. The molecule has 0 spiro atoms. The van der Waals surface area contributed by atoms with Crippen molar-refractivity contribution in [1.82, 2.24) is 0 Å². The van der Waals surface area contributed by atoms with Crippen LogP contribution in [0.1, 0.15) is 24.1 Å². The van der Waals surface area contributed by atoms with E-state index in [4.69, 9.17) is 10.3 Å². The van der Waals surface area contributed by atoms with Crippen LogP contribution < -0.4 is 5.32 Å². The smallest absolute Gasteiger partial charge is 0.161 e. The van der Waals surface area contributed by atoms with Crippen molar-refractivity contribution in [2.45, 2.75) is 13.0 Å². The molecule has 106 valence electrons. The van der Waals surface area contributed by atoms with Gasteiger partial charge in [-0.3, -0.25) is 4.99 Å². The molecule has 3 nitrogen and oxygen atoms in total. The molecule has 0 aliphatic carbocycles. The summed E-state index contributed by atoms with van der Waals surface area (Å²) in [4.78, 5) is 4.70. The maximum atomic E-state index is 8.93. The van der Waals surface area contributed by atoms with Crippen molar-refractivity contribution < 1.29 is 0 Å². The van der Waals surface area contributed by atoms with Crippen LogP contribution in [0.4, 0.5) is 5.69 Å². The Morgan fingerprint density at radius 1 is 1.19 bits per heavy atom. The van der Waals surface area contributed by atoms with Gasteiger partial charge in [-0.1, -0.05) is 48.2 Å². The predicted molar refractivity (Wildman–Crippen MR) is 90.6 cm³/mol. The lowest BCUT2D eigenvalue weighted by Crippen LogP contribution is -2.09. The van der Waals surface area contributed by atoms with Gasteiger partial charge in [0.25, 0.3) is 0 Å². The molecule has 0 heterocycles. The first-order valence-electron chi connectivity index (χ1n) is 6.67. The summed E-state index contributed by atoms with van der Waals surface area (Å²) in [5, 5.41) is 13.0. The maximum Gasteiger partial charge on any atom is 0.161 e. The van der Waals surface area contributed by atoms with Crippen molar-refractivity contribution in [3.05, 3.63) is 65.7 Å². The Morgan fingerprint density at radius 3 is 2.62 bits per heavy atom. The van der Waals surface area contributed by atoms with E-state index in [2.05, 4.69) is 30.4 Å². The largest absolute Gasteiger partial charge is 0.335 e. The molecule has 2 aromatic carbocycles. The Balaban J connectivity index is 2.15. The zero-order valence-electron chi connectivity index (χ0n) is 12.1. The number of amidine groups is 1. The Bertz CT molecular complexity index is 659. The van der Waals surface area contributed by atoms with Gasteiger partial charge in [-0.15, -0.1) is 0 Å². The van der Waals surface area contributed by atoms with Crippen molar-refractivity contribution in [1.29, 1.82) is 5.26 Å². The molecular formula is C17H17N3S. The molecule has 4 heteroatoms. The van der Waals surface area contributed by atoms with Gasteiger partial charge in [-0.2, -0.15) is 5.26 Å². The summed E-state index contributed by atoms with van der Waals surface area (Å²) in [7, 11) is 0. The molecule has 0 saturated carbocycles. The summed E-state index contributed by atoms with van der Waals surface area (Å²) in [6, 6.07) is 19.8. The van der Waals surface area contributed by atoms with Gasteiger partial charge in [0, 0.05) is 5.69 Å². The third-order valence-corrected chi connectivity index (χ3v) is 3.62.